The van der Waals surface area contributed by atoms with Gasteiger partial charge in [-0.1, -0.05) is 13.3 Å². The zero-order valence-corrected chi connectivity index (χ0v) is 9.69. The van der Waals surface area contributed by atoms with E-state index in [9.17, 15) is 18.0 Å². The molecule has 0 saturated heterocycles. The third-order valence-corrected chi connectivity index (χ3v) is 2.04. The molecule has 0 aromatic heterocycles. The second kappa shape index (κ2) is 5.96. The zero-order chi connectivity index (χ0) is 12.8. The van der Waals surface area contributed by atoms with Crippen molar-refractivity contribution in [1.82, 2.24) is 0 Å². The van der Waals surface area contributed by atoms with Crippen LogP contribution in [0.5, 0.6) is 0 Å². The number of carbonyl (C=O) groups is 1. The maximum atomic E-state index is 12.4. The summed E-state index contributed by atoms with van der Waals surface area (Å²) in [5.74, 6) is 0. The molecule has 96 valence electrons. The van der Waals surface area contributed by atoms with Crippen LogP contribution in [0.25, 0.3) is 0 Å². The predicted octanol–water partition coefficient (Wildman–Crippen LogP) is 3.53. The highest BCUT2D eigenvalue weighted by Crippen LogP contribution is 2.37. The minimum atomic E-state index is -4.41. The maximum Gasteiger partial charge on any atom is 0.508 e. The summed E-state index contributed by atoms with van der Waals surface area (Å²) in [7, 11) is 0. The van der Waals surface area contributed by atoms with Crippen molar-refractivity contribution in [2.75, 3.05) is 13.2 Å². The van der Waals surface area contributed by atoms with Gasteiger partial charge in [0.25, 0.3) is 0 Å². The quantitative estimate of drug-likeness (QED) is 0.546. The zero-order valence-electron chi connectivity index (χ0n) is 9.69. The molecule has 0 rings (SSSR count). The first-order valence-corrected chi connectivity index (χ1v) is 5.07. The second-order valence-corrected chi connectivity index (χ2v) is 4.12. The van der Waals surface area contributed by atoms with Crippen molar-refractivity contribution in [1.29, 1.82) is 0 Å². The molecule has 3 nitrogen and oxygen atoms in total. The molecule has 0 unspecified atom stereocenters. The van der Waals surface area contributed by atoms with Crippen molar-refractivity contribution in [3.05, 3.63) is 0 Å². The second-order valence-electron chi connectivity index (χ2n) is 4.12. The lowest BCUT2D eigenvalue weighted by Gasteiger charge is -2.26. The molecule has 6 heteroatoms. The molecule has 0 aromatic rings. The minimum absolute atomic E-state index is 0.168. The van der Waals surface area contributed by atoms with E-state index in [1.165, 1.54) is 0 Å². The monoisotopic (exact) mass is 242 g/mol. The van der Waals surface area contributed by atoms with Gasteiger partial charge in [0, 0.05) is 0 Å². The van der Waals surface area contributed by atoms with E-state index in [2.05, 4.69) is 9.47 Å². The summed E-state index contributed by atoms with van der Waals surface area (Å²) in [6.45, 7) is 3.27. The van der Waals surface area contributed by atoms with Crippen molar-refractivity contribution in [3.63, 3.8) is 0 Å². The molecular weight excluding hydrogens is 225 g/mol. The SMILES string of the molecule is CCCCOC(=O)OCC(C)(C)C(F)(F)F. The van der Waals surface area contributed by atoms with E-state index in [-0.39, 0.29) is 6.61 Å². The molecule has 0 heterocycles. The topological polar surface area (TPSA) is 35.5 Å². The molecule has 0 atom stereocenters. The highest BCUT2D eigenvalue weighted by atomic mass is 19.4. The number of ether oxygens (including phenoxy) is 2. The largest absolute Gasteiger partial charge is 0.508 e. The van der Waals surface area contributed by atoms with Gasteiger partial charge in [-0.15, -0.1) is 0 Å². The highest BCUT2D eigenvalue weighted by molar-refractivity contribution is 5.59. The predicted molar refractivity (Wildman–Crippen MR) is 52.0 cm³/mol. The Kier molecular flexibility index (Phi) is 5.61. The van der Waals surface area contributed by atoms with Crippen LogP contribution in [-0.2, 0) is 9.47 Å². The lowest BCUT2D eigenvalue weighted by Crippen LogP contribution is -2.37. The molecule has 0 fully saturated rings. The highest BCUT2D eigenvalue weighted by Gasteiger charge is 2.48. The lowest BCUT2D eigenvalue weighted by molar-refractivity contribution is -0.223. The summed E-state index contributed by atoms with van der Waals surface area (Å²) in [4.78, 5) is 10.9. The van der Waals surface area contributed by atoms with Crippen LogP contribution in [0, 0.1) is 5.41 Å². The van der Waals surface area contributed by atoms with Crippen LogP contribution in [-0.4, -0.2) is 25.5 Å². The number of rotatable bonds is 5. The number of halogens is 3. The molecule has 16 heavy (non-hydrogen) atoms. The Hall–Kier alpha value is -0.940. The molecule has 0 amide bonds. The van der Waals surface area contributed by atoms with Gasteiger partial charge >= 0.3 is 12.3 Å². The Labute approximate surface area is 92.9 Å². The van der Waals surface area contributed by atoms with Crippen molar-refractivity contribution in [2.24, 2.45) is 5.41 Å². The molecule has 0 spiro atoms. The number of hydrogen-bond acceptors (Lipinski definition) is 3. The van der Waals surface area contributed by atoms with E-state index in [1.54, 1.807) is 0 Å². The Morgan fingerprint density at radius 3 is 2.19 bits per heavy atom. The Morgan fingerprint density at radius 1 is 1.19 bits per heavy atom. The fourth-order valence-electron chi connectivity index (χ4n) is 0.663. The molecule has 0 saturated carbocycles. The first-order chi connectivity index (χ1) is 7.20. The normalized spacial score (nSPS) is 12.4. The molecule has 0 aliphatic rings. The third kappa shape index (κ3) is 5.23. The number of carbonyl (C=O) groups excluding carboxylic acids is 1. The Balaban J connectivity index is 3.92. The van der Waals surface area contributed by atoms with Gasteiger partial charge in [0.1, 0.15) is 6.61 Å². The van der Waals surface area contributed by atoms with Crippen LogP contribution in [0.2, 0.25) is 0 Å². The van der Waals surface area contributed by atoms with Crippen molar-refractivity contribution in [2.45, 2.75) is 39.8 Å². The molecule has 0 N–H and O–H groups in total. The van der Waals surface area contributed by atoms with Crippen LogP contribution in [0.15, 0.2) is 0 Å². The average molecular weight is 242 g/mol. The maximum absolute atomic E-state index is 12.4. The average Bonchev–Trinajstić information content (AvgIpc) is 2.13. The van der Waals surface area contributed by atoms with Gasteiger partial charge in [-0.3, -0.25) is 0 Å². The summed E-state index contributed by atoms with van der Waals surface area (Å²) in [6, 6.07) is 0. The number of unbranched alkanes of at least 4 members (excludes halogenated alkanes) is 1. The first kappa shape index (κ1) is 15.1. The lowest BCUT2D eigenvalue weighted by atomic mass is 9.94. The molecule has 0 aliphatic heterocycles. The van der Waals surface area contributed by atoms with Gasteiger partial charge in [0.15, 0.2) is 0 Å². The third-order valence-electron chi connectivity index (χ3n) is 2.04. The Bertz CT molecular complexity index is 224. The minimum Gasteiger partial charge on any atom is -0.434 e. The summed E-state index contributed by atoms with van der Waals surface area (Å²) in [6.07, 6.45) is -3.96. The molecule has 0 aliphatic carbocycles. The summed E-state index contributed by atoms with van der Waals surface area (Å²) >= 11 is 0. The van der Waals surface area contributed by atoms with Gasteiger partial charge in [-0.05, 0) is 20.3 Å². The van der Waals surface area contributed by atoms with Crippen molar-refractivity contribution >= 4 is 6.16 Å². The van der Waals surface area contributed by atoms with Gasteiger partial charge < -0.3 is 9.47 Å². The fraction of sp³-hybridized carbons (Fsp3) is 0.900. The molecule has 0 aromatic carbocycles. The van der Waals surface area contributed by atoms with Gasteiger partial charge in [0.2, 0.25) is 0 Å². The van der Waals surface area contributed by atoms with E-state index >= 15 is 0 Å². The van der Waals surface area contributed by atoms with E-state index < -0.39 is 24.4 Å². The van der Waals surface area contributed by atoms with Gasteiger partial charge in [0.05, 0.1) is 12.0 Å². The Morgan fingerprint density at radius 2 is 1.75 bits per heavy atom. The van der Waals surface area contributed by atoms with E-state index in [0.29, 0.717) is 6.42 Å². The summed E-state index contributed by atoms with van der Waals surface area (Å²) in [5, 5.41) is 0. The van der Waals surface area contributed by atoms with E-state index in [0.717, 1.165) is 20.3 Å². The van der Waals surface area contributed by atoms with Crippen molar-refractivity contribution < 1.29 is 27.4 Å². The van der Waals surface area contributed by atoms with Crippen LogP contribution in [0.1, 0.15) is 33.6 Å². The van der Waals surface area contributed by atoms with E-state index in [1.807, 2.05) is 6.92 Å². The number of hydrogen-bond donors (Lipinski definition) is 0. The van der Waals surface area contributed by atoms with Gasteiger partial charge in [-0.2, -0.15) is 13.2 Å². The van der Waals surface area contributed by atoms with Crippen LogP contribution >= 0.6 is 0 Å². The smallest absolute Gasteiger partial charge is 0.434 e. The number of alkyl halides is 3. The summed E-state index contributed by atoms with van der Waals surface area (Å²) < 4.78 is 46.0. The van der Waals surface area contributed by atoms with E-state index in [4.69, 9.17) is 0 Å². The molecule has 0 radical (unpaired) electrons. The van der Waals surface area contributed by atoms with Crippen LogP contribution < -0.4 is 0 Å². The first-order valence-electron chi connectivity index (χ1n) is 5.07. The van der Waals surface area contributed by atoms with Gasteiger partial charge in [-0.25, -0.2) is 4.79 Å². The van der Waals surface area contributed by atoms with Crippen molar-refractivity contribution in [3.8, 4) is 0 Å². The fourth-order valence-corrected chi connectivity index (χ4v) is 0.663. The molecular formula is C10H17F3O3. The summed E-state index contributed by atoms with van der Waals surface area (Å²) in [5.41, 5.74) is -2.06. The standard InChI is InChI=1S/C10H17F3O3/c1-4-5-6-15-8(14)16-7-9(2,3)10(11,12)13/h4-7H2,1-3H3. The van der Waals surface area contributed by atoms with Crippen LogP contribution in [0.4, 0.5) is 18.0 Å². The molecule has 0 bridgehead atoms. The van der Waals surface area contributed by atoms with Crippen LogP contribution in [0.3, 0.4) is 0 Å².